The Morgan fingerprint density at radius 1 is 0.857 bits per heavy atom. The Labute approximate surface area is 164 Å². The Bertz CT molecular complexity index is 857. The van der Waals surface area contributed by atoms with Crippen LogP contribution in [-0.4, -0.2) is 24.6 Å². The van der Waals surface area contributed by atoms with Crippen LogP contribution in [0.5, 0.6) is 11.5 Å². The van der Waals surface area contributed by atoms with Gasteiger partial charge in [-0.05, 0) is 54.8 Å². The number of carbonyl (C=O) groups excluding carboxylic acids is 2. The predicted octanol–water partition coefficient (Wildman–Crippen LogP) is 3.41. The van der Waals surface area contributed by atoms with Gasteiger partial charge in [0.1, 0.15) is 0 Å². The fourth-order valence-electron chi connectivity index (χ4n) is 3.62. The summed E-state index contributed by atoms with van der Waals surface area (Å²) < 4.78 is 10.6. The van der Waals surface area contributed by atoms with Crippen LogP contribution >= 0.6 is 0 Å². The van der Waals surface area contributed by atoms with E-state index in [0.29, 0.717) is 23.4 Å². The Morgan fingerprint density at radius 2 is 1.54 bits per heavy atom. The van der Waals surface area contributed by atoms with Crippen molar-refractivity contribution in [3.8, 4) is 11.5 Å². The maximum Gasteiger partial charge on any atom is 0.251 e. The minimum atomic E-state index is -0.183. The average Bonchev–Trinajstić information content (AvgIpc) is 3.21. The smallest absolute Gasteiger partial charge is 0.251 e. The highest BCUT2D eigenvalue weighted by Gasteiger charge is 2.17. The first kappa shape index (κ1) is 18.3. The van der Waals surface area contributed by atoms with Crippen LogP contribution in [0.4, 0.5) is 0 Å². The minimum Gasteiger partial charge on any atom is -0.454 e. The molecule has 1 aliphatic heterocycles. The summed E-state index contributed by atoms with van der Waals surface area (Å²) in [7, 11) is 0. The Kier molecular flexibility index (Phi) is 5.46. The molecule has 2 aliphatic rings. The fourth-order valence-corrected chi connectivity index (χ4v) is 3.62. The van der Waals surface area contributed by atoms with Crippen molar-refractivity contribution in [1.29, 1.82) is 0 Å². The number of ether oxygens (including phenoxy) is 2. The zero-order chi connectivity index (χ0) is 19.3. The molecule has 0 aromatic heterocycles. The van der Waals surface area contributed by atoms with Crippen LogP contribution in [0.25, 0.3) is 0 Å². The normalized spacial score (nSPS) is 15.9. The second-order valence-electron chi connectivity index (χ2n) is 7.26. The Balaban J connectivity index is 1.31. The standard InChI is InChI=1S/C22H24N2O4/c25-21(23-13-15-6-11-19-20(12-15)28-14-27-19)16-7-9-17(10-8-16)22(26)24-18-4-2-1-3-5-18/h6-12,18H,1-5,13-14H2,(H,23,25)(H,24,26). The molecule has 1 heterocycles. The first-order valence-electron chi connectivity index (χ1n) is 9.77. The van der Waals surface area contributed by atoms with Gasteiger partial charge in [0.2, 0.25) is 6.79 Å². The van der Waals surface area contributed by atoms with Crippen molar-refractivity contribution in [3.63, 3.8) is 0 Å². The van der Waals surface area contributed by atoms with Gasteiger partial charge in [-0.3, -0.25) is 9.59 Å². The third-order valence-corrected chi connectivity index (χ3v) is 5.24. The molecule has 6 heteroatoms. The molecule has 0 unspecified atom stereocenters. The molecule has 1 aliphatic carbocycles. The van der Waals surface area contributed by atoms with Crippen LogP contribution in [0.1, 0.15) is 58.4 Å². The second-order valence-corrected chi connectivity index (χ2v) is 7.26. The highest BCUT2D eigenvalue weighted by molar-refractivity contribution is 5.97. The van der Waals surface area contributed by atoms with Crippen molar-refractivity contribution >= 4 is 11.8 Å². The first-order valence-corrected chi connectivity index (χ1v) is 9.77. The van der Waals surface area contributed by atoms with Gasteiger partial charge in [-0.25, -0.2) is 0 Å². The van der Waals surface area contributed by atoms with Gasteiger partial charge < -0.3 is 20.1 Å². The van der Waals surface area contributed by atoms with Gasteiger partial charge in [-0.1, -0.05) is 25.3 Å². The van der Waals surface area contributed by atoms with E-state index in [1.165, 1.54) is 19.3 Å². The van der Waals surface area contributed by atoms with Crippen molar-refractivity contribution in [3.05, 3.63) is 59.2 Å². The third-order valence-electron chi connectivity index (χ3n) is 5.24. The first-order chi connectivity index (χ1) is 13.7. The molecule has 146 valence electrons. The predicted molar refractivity (Wildman–Crippen MR) is 105 cm³/mol. The molecule has 2 aromatic carbocycles. The monoisotopic (exact) mass is 380 g/mol. The van der Waals surface area contributed by atoms with Crippen LogP contribution in [0, 0.1) is 0 Å². The lowest BCUT2D eigenvalue weighted by molar-refractivity contribution is 0.0922. The summed E-state index contributed by atoms with van der Waals surface area (Å²) in [6.45, 7) is 0.616. The summed E-state index contributed by atoms with van der Waals surface area (Å²) in [6, 6.07) is 12.6. The van der Waals surface area contributed by atoms with E-state index >= 15 is 0 Å². The van der Waals surface area contributed by atoms with Gasteiger partial charge in [0.15, 0.2) is 11.5 Å². The molecule has 0 bridgehead atoms. The highest BCUT2D eigenvalue weighted by Crippen LogP contribution is 2.32. The van der Waals surface area contributed by atoms with E-state index in [0.717, 1.165) is 24.2 Å². The maximum absolute atomic E-state index is 12.4. The van der Waals surface area contributed by atoms with Crippen LogP contribution in [-0.2, 0) is 6.54 Å². The van der Waals surface area contributed by atoms with Gasteiger partial charge in [0.25, 0.3) is 11.8 Å². The van der Waals surface area contributed by atoms with E-state index in [2.05, 4.69) is 10.6 Å². The fraction of sp³-hybridized carbons (Fsp3) is 0.364. The van der Waals surface area contributed by atoms with Crippen LogP contribution < -0.4 is 20.1 Å². The molecular weight excluding hydrogens is 356 g/mol. The van der Waals surface area contributed by atoms with E-state index in [-0.39, 0.29) is 24.6 Å². The van der Waals surface area contributed by atoms with Crippen molar-refractivity contribution in [2.45, 2.75) is 44.7 Å². The van der Waals surface area contributed by atoms with Gasteiger partial charge in [-0.15, -0.1) is 0 Å². The van der Waals surface area contributed by atoms with E-state index in [9.17, 15) is 9.59 Å². The van der Waals surface area contributed by atoms with E-state index in [1.807, 2.05) is 18.2 Å². The molecular formula is C22H24N2O4. The molecule has 0 atom stereocenters. The van der Waals surface area contributed by atoms with Gasteiger partial charge >= 0.3 is 0 Å². The van der Waals surface area contributed by atoms with Crippen LogP contribution in [0.15, 0.2) is 42.5 Å². The quantitative estimate of drug-likeness (QED) is 0.833. The van der Waals surface area contributed by atoms with E-state index in [1.54, 1.807) is 24.3 Å². The Hall–Kier alpha value is -3.02. The van der Waals surface area contributed by atoms with Crippen molar-refractivity contribution in [1.82, 2.24) is 10.6 Å². The van der Waals surface area contributed by atoms with Gasteiger partial charge in [-0.2, -0.15) is 0 Å². The SMILES string of the molecule is O=C(NCc1ccc2c(c1)OCO2)c1ccc(C(=O)NC2CCCCC2)cc1. The molecule has 0 radical (unpaired) electrons. The lowest BCUT2D eigenvalue weighted by Gasteiger charge is -2.22. The number of hydrogen-bond acceptors (Lipinski definition) is 4. The number of benzene rings is 2. The summed E-state index contributed by atoms with van der Waals surface area (Å²) in [4.78, 5) is 24.7. The molecule has 0 saturated heterocycles. The summed E-state index contributed by atoms with van der Waals surface area (Å²) in [5.41, 5.74) is 2.04. The minimum absolute atomic E-state index is 0.0702. The zero-order valence-corrected chi connectivity index (χ0v) is 15.7. The molecule has 1 saturated carbocycles. The summed E-state index contributed by atoms with van der Waals surface area (Å²) in [5.74, 6) is 1.16. The van der Waals surface area contributed by atoms with E-state index in [4.69, 9.17) is 9.47 Å². The van der Waals surface area contributed by atoms with Crippen molar-refractivity contribution in [2.24, 2.45) is 0 Å². The maximum atomic E-state index is 12.4. The molecule has 28 heavy (non-hydrogen) atoms. The van der Waals surface area contributed by atoms with Crippen LogP contribution in [0.3, 0.4) is 0 Å². The van der Waals surface area contributed by atoms with Gasteiger partial charge in [0, 0.05) is 23.7 Å². The molecule has 2 N–H and O–H groups in total. The van der Waals surface area contributed by atoms with E-state index < -0.39 is 0 Å². The van der Waals surface area contributed by atoms with Crippen molar-refractivity contribution < 1.29 is 19.1 Å². The molecule has 4 rings (SSSR count). The largest absolute Gasteiger partial charge is 0.454 e. The summed E-state index contributed by atoms with van der Waals surface area (Å²) >= 11 is 0. The molecule has 1 fully saturated rings. The zero-order valence-electron chi connectivity index (χ0n) is 15.7. The number of rotatable bonds is 5. The summed E-state index contributed by atoms with van der Waals surface area (Å²) in [5, 5.41) is 5.97. The Morgan fingerprint density at radius 3 is 2.29 bits per heavy atom. The lowest BCUT2D eigenvalue weighted by atomic mass is 9.95. The second kappa shape index (κ2) is 8.33. The molecule has 0 spiro atoms. The highest BCUT2D eigenvalue weighted by atomic mass is 16.7. The number of hydrogen-bond donors (Lipinski definition) is 2. The average molecular weight is 380 g/mol. The van der Waals surface area contributed by atoms with Gasteiger partial charge in [0.05, 0.1) is 0 Å². The number of nitrogens with one attached hydrogen (secondary N) is 2. The number of carbonyl (C=O) groups is 2. The molecule has 2 amide bonds. The summed E-state index contributed by atoms with van der Waals surface area (Å²) in [6.07, 6.45) is 5.70. The molecule has 2 aromatic rings. The third kappa shape index (κ3) is 4.27. The number of fused-ring (bicyclic) bond motifs is 1. The lowest BCUT2D eigenvalue weighted by Crippen LogP contribution is -2.36. The van der Waals surface area contributed by atoms with Crippen molar-refractivity contribution in [2.75, 3.05) is 6.79 Å². The number of amides is 2. The van der Waals surface area contributed by atoms with Crippen LogP contribution in [0.2, 0.25) is 0 Å². The molecule has 6 nitrogen and oxygen atoms in total. The topological polar surface area (TPSA) is 76.7 Å².